The summed E-state index contributed by atoms with van der Waals surface area (Å²) >= 11 is 0. The van der Waals surface area contributed by atoms with Gasteiger partial charge in [0.1, 0.15) is 0 Å². The Morgan fingerprint density at radius 1 is 1.45 bits per heavy atom. The van der Waals surface area contributed by atoms with Gasteiger partial charge >= 0.3 is 0 Å². The minimum atomic E-state index is 0.439. The molecule has 0 spiro atoms. The Hall–Kier alpha value is -0.520. The van der Waals surface area contributed by atoms with Gasteiger partial charge in [-0.1, -0.05) is 18.8 Å². The van der Waals surface area contributed by atoms with E-state index in [1.165, 1.54) is 25.7 Å². The van der Waals surface area contributed by atoms with Crippen molar-refractivity contribution in [3.8, 4) is 11.8 Å². The van der Waals surface area contributed by atoms with Crippen LogP contribution in [-0.4, -0.2) is 12.6 Å². The smallest absolute Gasteiger partial charge is 0.0821 e. The van der Waals surface area contributed by atoms with E-state index in [2.05, 4.69) is 17.3 Å². The number of hydroxylamine groups is 1. The molecule has 0 radical (unpaired) electrons. The molecule has 0 saturated heterocycles. The van der Waals surface area contributed by atoms with Crippen LogP contribution in [0.1, 0.15) is 32.6 Å². The largest absolute Gasteiger partial charge is 0.298 e. The van der Waals surface area contributed by atoms with Crippen molar-refractivity contribution >= 4 is 0 Å². The van der Waals surface area contributed by atoms with E-state index < -0.39 is 0 Å². The second-order valence-corrected chi connectivity index (χ2v) is 2.77. The van der Waals surface area contributed by atoms with Crippen molar-refractivity contribution in [1.82, 2.24) is 5.48 Å². The summed E-state index contributed by atoms with van der Waals surface area (Å²) in [5, 5.41) is 0. The number of nitrogens with one attached hydrogen (secondary N) is 1. The molecule has 0 bridgehead atoms. The third-order valence-corrected chi connectivity index (χ3v) is 1.89. The molecule has 1 fully saturated rings. The predicted molar refractivity (Wildman–Crippen MR) is 44.8 cm³/mol. The Bertz CT molecular complexity index is 151. The van der Waals surface area contributed by atoms with E-state index in [1.54, 1.807) is 0 Å². The van der Waals surface area contributed by atoms with E-state index in [-0.39, 0.29) is 0 Å². The van der Waals surface area contributed by atoms with Gasteiger partial charge in [0.15, 0.2) is 0 Å². The lowest BCUT2D eigenvalue weighted by molar-refractivity contribution is -0.0138. The van der Waals surface area contributed by atoms with E-state index in [0.717, 1.165) is 0 Å². The Morgan fingerprint density at radius 3 is 2.82 bits per heavy atom. The van der Waals surface area contributed by atoms with Crippen molar-refractivity contribution < 1.29 is 4.84 Å². The summed E-state index contributed by atoms with van der Waals surface area (Å²) in [6, 6.07) is 0. The topological polar surface area (TPSA) is 21.3 Å². The van der Waals surface area contributed by atoms with Crippen molar-refractivity contribution in [2.24, 2.45) is 0 Å². The molecule has 1 aliphatic rings. The molecule has 0 aromatic carbocycles. The maximum atomic E-state index is 5.35. The predicted octanol–water partition coefficient (Wildman–Crippen LogP) is 1.47. The summed E-state index contributed by atoms with van der Waals surface area (Å²) in [6.07, 6.45) is 5.46. The second kappa shape index (κ2) is 5.17. The first-order chi connectivity index (χ1) is 5.43. The van der Waals surface area contributed by atoms with Crippen LogP contribution in [0.3, 0.4) is 0 Å². The van der Waals surface area contributed by atoms with Gasteiger partial charge in [0, 0.05) is 0 Å². The Morgan fingerprint density at radius 2 is 2.18 bits per heavy atom. The summed E-state index contributed by atoms with van der Waals surface area (Å²) < 4.78 is 0. The molecule has 2 nitrogen and oxygen atoms in total. The summed E-state index contributed by atoms with van der Waals surface area (Å²) in [5.41, 5.74) is 2.85. The van der Waals surface area contributed by atoms with Crippen LogP contribution in [0.2, 0.25) is 0 Å². The van der Waals surface area contributed by atoms with Crippen LogP contribution in [0, 0.1) is 11.8 Å². The maximum absolute atomic E-state index is 5.35. The quantitative estimate of drug-likeness (QED) is 0.376. The van der Waals surface area contributed by atoms with Crippen molar-refractivity contribution in [2.45, 2.75) is 38.7 Å². The monoisotopic (exact) mass is 153 g/mol. The van der Waals surface area contributed by atoms with Crippen LogP contribution in [0.15, 0.2) is 0 Å². The van der Waals surface area contributed by atoms with Gasteiger partial charge in [-0.05, 0) is 19.8 Å². The van der Waals surface area contributed by atoms with Crippen molar-refractivity contribution in [3.05, 3.63) is 0 Å². The summed E-state index contributed by atoms with van der Waals surface area (Å²) in [7, 11) is 0. The van der Waals surface area contributed by atoms with Crippen molar-refractivity contribution in [1.29, 1.82) is 0 Å². The van der Waals surface area contributed by atoms with Crippen LogP contribution in [-0.2, 0) is 4.84 Å². The lowest BCUT2D eigenvalue weighted by Gasteiger charge is -2.08. The van der Waals surface area contributed by atoms with E-state index >= 15 is 0 Å². The fourth-order valence-corrected chi connectivity index (χ4v) is 1.29. The highest BCUT2D eigenvalue weighted by Crippen LogP contribution is 2.19. The summed E-state index contributed by atoms with van der Waals surface area (Å²) in [4.78, 5) is 5.35. The van der Waals surface area contributed by atoms with Gasteiger partial charge in [-0.3, -0.25) is 4.84 Å². The van der Waals surface area contributed by atoms with Gasteiger partial charge in [0.25, 0.3) is 0 Å². The molecule has 1 rings (SSSR count). The average molecular weight is 153 g/mol. The van der Waals surface area contributed by atoms with Gasteiger partial charge in [-0.15, -0.1) is 5.92 Å². The van der Waals surface area contributed by atoms with Crippen LogP contribution in [0.25, 0.3) is 0 Å². The highest BCUT2D eigenvalue weighted by atomic mass is 16.7. The first kappa shape index (κ1) is 8.58. The molecule has 0 aromatic rings. The average Bonchev–Trinajstić information content (AvgIpc) is 2.50. The maximum Gasteiger partial charge on any atom is 0.0821 e. The van der Waals surface area contributed by atoms with E-state index in [9.17, 15) is 0 Å². The fourth-order valence-electron chi connectivity index (χ4n) is 1.29. The zero-order chi connectivity index (χ0) is 7.94. The van der Waals surface area contributed by atoms with Crippen LogP contribution < -0.4 is 5.48 Å². The first-order valence-electron chi connectivity index (χ1n) is 4.21. The van der Waals surface area contributed by atoms with Gasteiger partial charge in [-0.2, -0.15) is 5.48 Å². The van der Waals surface area contributed by atoms with Crippen LogP contribution in [0.5, 0.6) is 0 Å². The van der Waals surface area contributed by atoms with Crippen LogP contribution in [0.4, 0.5) is 0 Å². The van der Waals surface area contributed by atoms with Gasteiger partial charge in [0.2, 0.25) is 0 Å². The second-order valence-electron chi connectivity index (χ2n) is 2.77. The van der Waals surface area contributed by atoms with E-state index in [1.807, 2.05) is 6.92 Å². The Labute approximate surface area is 68.3 Å². The Balaban J connectivity index is 1.96. The molecule has 1 aliphatic carbocycles. The standard InChI is InChI=1S/C9H15NO/c1-2-3-8-10-11-9-6-4-5-7-9/h9-10H,4-8H2,1H3. The normalized spacial score (nSPS) is 17.9. The van der Waals surface area contributed by atoms with E-state index in [4.69, 9.17) is 4.84 Å². The molecule has 2 heteroatoms. The molecule has 1 saturated carbocycles. The molecule has 0 atom stereocenters. The number of hydrogen-bond acceptors (Lipinski definition) is 2. The third-order valence-electron chi connectivity index (χ3n) is 1.89. The van der Waals surface area contributed by atoms with Crippen molar-refractivity contribution in [2.75, 3.05) is 6.54 Å². The van der Waals surface area contributed by atoms with E-state index in [0.29, 0.717) is 12.6 Å². The van der Waals surface area contributed by atoms with Gasteiger partial charge in [-0.25, -0.2) is 0 Å². The molecule has 0 heterocycles. The molecular formula is C9H15NO. The Kier molecular flexibility index (Phi) is 4.03. The third kappa shape index (κ3) is 3.41. The lowest BCUT2D eigenvalue weighted by Crippen LogP contribution is -2.21. The zero-order valence-electron chi connectivity index (χ0n) is 7.02. The first-order valence-corrected chi connectivity index (χ1v) is 4.21. The molecule has 0 amide bonds. The zero-order valence-corrected chi connectivity index (χ0v) is 7.02. The lowest BCUT2D eigenvalue weighted by atomic mass is 10.3. The molecular weight excluding hydrogens is 138 g/mol. The molecule has 62 valence electrons. The SMILES string of the molecule is CC#CCNOC1CCCC1. The summed E-state index contributed by atoms with van der Waals surface area (Å²) in [6.45, 7) is 2.48. The molecule has 0 aromatic heterocycles. The van der Waals surface area contributed by atoms with Crippen LogP contribution >= 0.6 is 0 Å². The molecule has 0 unspecified atom stereocenters. The summed E-state index contributed by atoms with van der Waals surface area (Å²) in [5.74, 6) is 5.69. The number of rotatable bonds is 3. The molecule has 1 N–H and O–H groups in total. The minimum absolute atomic E-state index is 0.439. The fraction of sp³-hybridized carbons (Fsp3) is 0.778. The van der Waals surface area contributed by atoms with Crippen molar-refractivity contribution in [3.63, 3.8) is 0 Å². The minimum Gasteiger partial charge on any atom is -0.298 e. The number of hydrogen-bond donors (Lipinski definition) is 1. The van der Waals surface area contributed by atoms with Gasteiger partial charge in [0.05, 0.1) is 12.6 Å². The molecule has 0 aliphatic heterocycles. The molecule has 11 heavy (non-hydrogen) atoms. The van der Waals surface area contributed by atoms with Gasteiger partial charge < -0.3 is 0 Å². The highest BCUT2D eigenvalue weighted by Gasteiger charge is 2.14. The highest BCUT2D eigenvalue weighted by molar-refractivity contribution is 4.96.